The van der Waals surface area contributed by atoms with E-state index >= 15 is 0 Å². The van der Waals surface area contributed by atoms with Crippen molar-refractivity contribution in [3.63, 3.8) is 0 Å². The molecule has 0 aromatic heterocycles. The van der Waals surface area contributed by atoms with Gasteiger partial charge in [-0.2, -0.15) is 0 Å². The maximum Gasteiger partial charge on any atom is 0.407 e. The molecule has 0 aliphatic heterocycles. The van der Waals surface area contributed by atoms with Gasteiger partial charge in [0.2, 0.25) is 5.91 Å². The summed E-state index contributed by atoms with van der Waals surface area (Å²) in [6.07, 6.45) is 5.82. The summed E-state index contributed by atoms with van der Waals surface area (Å²) < 4.78 is 10.4. The van der Waals surface area contributed by atoms with Crippen LogP contribution < -0.4 is 10.6 Å². The number of carbonyl (C=O) groups is 3. The van der Waals surface area contributed by atoms with Gasteiger partial charge in [0.25, 0.3) is 0 Å². The summed E-state index contributed by atoms with van der Waals surface area (Å²) in [5.41, 5.74) is -1.25. The summed E-state index contributed by atoms with van der Waals surface area (Å²) in [7, 11) is 1.47. The molecule has 29 heavy (non-hydrogen) atoms. The highest BCUT2D eigenvalue weighted by molar-refractivity contribution is 5.83. The van der Waals surface area contributed by atoms with Crippen molar-refractivity contribution in [1.82, 2.24) is 10.6 Å². The molecular weight excluding hydrogens is 372 g/mol. The summed E-state index contributed by atoms with van der Waals surface area (Å²) in [4.78, 5) is 37.6. The Balaban J connectivity index is 1.36. The monoisotopic (exact) mass is 406 g/mol. The van der Waals surface area contributed by atoms with E-state index in [1.54, 1.807) is 0 Å². The predicted octanol–water partition coefficient (Wildman–Crippen LogP) is 2.78. The number of amides is 2. The lowest BCUT2D eigenvalue weighted by Gasteiger charge is -2.58. The molecule has 5 fully saturated rings. The van der Waals surface area contributed by atoms with Gasteiger partial charge in [-0.25, -0.2) is 4.79 Å². The number of hydrogen-bond donors (Lipinski definition) is 2. The molecule has 5 rings (SSSR count). The first-order valence-corrected chi connectivity index (χ1v) is 10.9. The molecule has 162 valence electrons. The van der Waals surface area contributed by atoms with Crippen molar-refractivity contribution >= 4 is 18.0 Å². The van der Waals surface area contributed by atoms with Crippen LogP contribution in [0, 0.1) is 29.1 Å². The van der Waals surface area contributed by atoms with Crippen LogP contribution in [-0.2, 0) is 19.1 Å². The lowest BCUT2D eigenvalue weighted by Crippen LogP contribution is -2.59. The zero-order valence-electron chi connectivity index (χ0n) is 18.0. The molecule has 2 N–H and O–H groups in total. The summed E-state index contributed by atoms with van der Waals surface area (Å²) in [5.74, 6) is 1.05. The van der Waals surface area contributed by atoms with E-state index in [4.69, 9.17) is 9.47 Å². The Morgan fingerprint density at radius 3 is 2.17 bits per heavy atom. The normalized spacial score (nSPS) is 36.3. The Kier molecular flexibility index (Phi) is 4.86. The first-order valence-electron chi connectivity index (χ1n) is 10.9. The second-order valence-electron chi connectivity index (χ2n) is 10.9. The van der Waals surface area contributed by atoms with Gasteiger partial charge in [-0.3, -0.25) is 9.59 Å². The quantitative estimate of drug-likeness (QED) is 0.685. The number of nitrogens with one attached hydrogen (secondary N) is 2. The van der Waals surface area contributed by atoms with E-state index in [0.717, 1.165) is 44.9 Å². The molecule has 0 heterocycles. The minimum Gasteiger partial charge on any atom is -0.469 e. The standard InChI is InChI=1S/C22H34N2O5/c1-20(2,3)29-19(27)23-12-22(5-6-22)24-17(25)16-14-7-13-8-15(16)11-21(9-13,10-14)18(26)28-4/h13-16H,5-12H2,1-4H3,(H,23,27)(H,24,25). The molecule has 7 heteroatoms. The van der Waals surface area contributed by atoms with Crippen molar-refractivity contribution in [2.45, 2.75) is 76.9 Å². The SMILES string of the molecule is COC(=O)C12CC3CC(C1)C(C(=O)NC1(CNC(=O)OC(C)(C)C)CC1)C(C3)C2. The molecule has 7 nitrogen and oxygen atoms in total. The smallest absolute Gasteiger partial charge is 0.407 e. The first kappa shape index (κ1) is 20.5. The highest BCUT2D eigenvalue weighted by Crippen LogP contribution is 2.62. The first-order chi connectivity index (χ1) is 13.5. The fourth-order valence-corrected chi connectivity index (χ4v) is 6.32. The van der Waals surface area contributed by atoms with Crippen molar-refractivity contribution < 1.29 is 23.9 Å². The topological polar surface area (TPSA) is 93.7 Å². The molecule has 0 radical (unpaired) electrons. The van der Waals surface area contributed by atoms with Crippen LogP contribution in [0.1, 0.15) is 65.7 Å². The highest BCUT2D eigenvalue weighted by atomic mass is 16.6. The molecule has 2 amide bonds. The number of esters is 1. The van der Waals surface area contributed by atoms with Gasteiger partial charge in [-0.1, -0.05) is 0 Å². The van der Waals surface area contributed by atoms with Crippen molar-refractivity contribution in [1.29, 1.82) is 0 Å². The number of ether oxygens (including phenoxy) is 2. The van der Waals surface area contributed by atoms with Gasteiger partial charge in [-0.15, -0.1) is 0 Å². The maximum absolute atomic E-state index is 13.2. The van der Waals surface area contributed by atoms with Crippen LogP contribution >= 0.6 is 0 Å². The predicted molar refractivity (Wildman–Crippen MR) is 106 cm³/mol. The highest BCUT2D eigenvalue weighted by Gasteiger charge is 2.61. The van der Waals surface area contributed by atoms with Crippen LogP contribution in [0.5, 0.6) is 0 Å². The fraction of sp³-hybridized carbons (Fsp3) is 0.864. The maximum atomic E-state index is 13.2. The molecule has 0 spiro atoms. The Labute approximate surface area is 172 Å². The van der Waals surface area contributed by atoms with Crippen LogP contribution in [0.4, 0.5) is 4.79 Å². The molecular formula is C22H34N2O5. The minimum absolute atomic E-state index is 0.0247. The number of hydrogen-bond acceptors (Lipinski definition) is 5. The zero-order valence-corrected chi connectivity index (χ0v) is 18.0. The molecule has 0 saturated heterocycles. The van der Waals surface area contributed by atoms with Crippen LogP contribution in [-0.4, -0.2) is 42.8 Å². The third kappa shape index (κ3) is 3.97. The molecule has 5 aliphatic carbocycles. The van der Waals surface area contributed by atoms with Crippen LogP contribution in [0.15, 0.2) is 0 Å². The van der Waals surface area contributed by atoms with Crippen LogP contribution in [0.25, 0.3) is 0 Å². The third-order valence-corrected chi connectivity index (χ3v) is 7.41. The van der Waals surface area contributed by atoms with Crippen molar-refractivity contribution in [3.05, 3.63) is 0 Å². The molecule has 0 aromatic carbocycles. The van der Waals surface area contributed by atoms with Gasteiger partial charge in [0.15, 0.2) is 0 Å². The minimum atomic E-state index is -0.542. The lowest BCUT2D eigenvalue weighted by molar-refractivity contribution is -0.177. The molecule has 2 unspecified atom stereocenters. The fourth-order valence-electron chi connectivity index (χ4n) is 6.32. The van der Waals surface area contributed by atoms with Crippen molar-refractivity contribution in [2.75, 3.05) is 13.7 Å². The molecule has 5 saturated carbocycles. The number of methoxy groups -OCH3 is 1. The average molecular weight is 407 g/mol. The summed E-state index contributed by atoms with van der Waals surface area (Å²) in [5, 5.41) is 6.05. The zero-order chi connectivity index (χ0) is 21.0. The molecule has 2 atom stereocenters. The van der Waals surface area contributed by atoms with Crippen molar-refractivity contribution in [2.24, 2.45) is 29.1 Å². The van der Waals surface area contributed by atoms with Crippen LogP contribution in [0.3, 0.4) is 0 Å². The van der Waals surface area contributed by atoms with E-state index in [-0.39, 0.29) is 40.6 Å². The molecule has 0 aromatic rings. The van der Waals surface area contributed by atoms with E-state index in [2.05, 4.69) is 10.6 Å². The second kappa shape index (κ2) is 6.88. The lowest BCUT2D eigenvalue weighted by atomic mass is 9.46. The Hall–Kier alpha value is -1.79. The van der Waals surface area contributed by atoms with E-state index in [0.29, 0.717) is 12.5 Å². The summed E-state index contributed by atoms with van der Waals surface area (Å²) >= 11 is 0. The molecule has 5 aliphatic rings. The third-order valence-electron chi connectivity index (χ3n) is 7.41. The van der Waals surface area contributed by atoms with Crippen molar-refractivity contribution in [3.8, 4) is 0 Å². The number of alkyl carbamates (subject to hydrolysis) is 1. The summed E-state index contributed by atoms with van der Waals surface area (Å²) in [6.45, 7) is 5.88. The largest absolute Gasteiger partial charge is 0.469 e. The molecule has 4 bridgehead atoms. The number of rotatable bonds is 5. The van der Waals surface area contributed by atoms with E-state index < -0.39 is 11.7 Å². The van der Waals surface area contributed by atoms with E-state index in [1.165, 1.54) is 7.11 Å². The van der Waals surface area contributed by atoms with Gasteiger partial charge < -0.3 is 20.1 Å². The Morgan fingerprint density at radius 2 is 1.66 bits per heavy atom. The van der Waals surface area contributed by atoms with Gasteiger partial charge in [0.1, 0.15) is 5.60 Å². The second-order valence-corrected chi connectivity index (χ2v) is 10.9. The average Bonchev–Trinajstić information content (AvgIpc) is 3.36. The Morgan fingerprint density at radius 1 is 1.03 bits per heavy atom. The summed E-state index contributed by atoms with van der Waals surface area (Å²) in [6, 6.07) is 0. The van der Waals surface area contributed by atoms with Gasteiger partial charge in [0, 0.05) is 12.5 Å². The van der Waals surface area contributed by atoms with Gasteiger partial charge in [0.05, 0.1) is 18.1 Å². The Bertz CT molecular complexity index is 692. The van der Waals surface area contributed by atoms with Gasteiger partial charge in [-0.05, 0) is 83.5 Å². The number of carbonyl (C=O) groups excluding carboxylic acids is 3. The van der Waals surface area contributed by atoms with E-state index in [1.807, 2.05) is 20.8 Å². The van der Waals surface area contributed by atoms with Crippen LogP contribution in [0.2, 0.25) is 0 Å². The van der Waals surface area contributed by atoms with Gasteiger partial charge >= 0.3 is 12.1 Å². The van der Waals surface area contributed by atoms with E-state index in [9.17, 15) is 14.4 Å².